The molecule has 180 valence electrons. The number of hydrogen-bond donors (Lipinski definition) is 1. The van der Waals surface area contributed by atoms with Gasteiger partial charge in [-0.25, -0.2) is 0 Å². The quantitative estimate of drug-likeness (QED) is 0.437. The van der Waals surface area contributed by atoms with Crippen LogP contribution >= 0.6 is 0 Å². The fourth-order valence-electron chi connectivity index (χ4n) is 3.83. The van der Waals surface area contributed by atoms with Crippen LogP contribution in [-0.2, 0) is 38.8 Å². The molecule has 0 fully saturated rings. The van der Waals surface area contributed by atoms with E-state index in [1.807, 2.05) is 91.0 Å². The molecule has 1 aliphatic rings. The zero-order valence-electron chi connectivity index (χ0n) is 19.6. The Kier molecular flexibility index (Phi) is 9.52. The van der Waals surface area contributed by atoms with Crippen LogP contribution in [0.5, 0.6) is 0 Å². The van der Waals surface area contributed by atoms with E-state index in [9.17, 15) is 5.11 Å². The monoisotopic (exact) mass is 470 g/mol. The maximum atomic E-state index is 9.25. The van der Waals surface area contributed by atoms with Crippen molar-refractivity contribution in [1.82, 2.24) is 0 Å². The summed E-state index contributed by atoms with van der Waals surface area (Å²) in [6.45, 7) is 1.35. The summed E-state index contributed by atoms with van der Waals surface area (Å²) in [6.07, 6.45) is 0.291. The summed E-state index contributed by atoms with van der Waals surface area (Å²) in [6, 6.07) is 30.0. The van der Waals surface area contributed by atoms with Gasteiger partial charge in [0, 0.05) is 0 Å². The van der Waals surface area contributed by atoms with Gasteiger partial charge >= 0.3 is 0 Å². The van der Waals surface area contributed by atoms with Crippen LogP contribution in [0.3, 0.4) is 0 Å². The largest absolute Gasteiger partial charge is 0.492 e. The molecule has 1 aliphatic heterocycles. The van der Waals surface area contributed by atoms with E-state index >= 15 is 0 Å². The molecule has 0 unspecified atom stereocenters. The third-order valence-corrected chi connectivity index (χ3v) is 5.60. The number of aliphatic hydroxyl groups excluding tert-OH is 1. The van der Waals surface area contributed by atoms with Gasteiger partial charge in [0.2, 0.25) is 0 Å². The lowest BCUT2D eigenvalue weighted by atomic mass is 9.98. The highest BCUT2D eigenvalue weighted by molar-refractivity contribution is 5.34. The smallest absolute Gasteiger partial charge is 0.150 e. The molecule has 35 heavy (non-hydrogen) atoms. The highest BCUT2D eigenvalue weighted by atomic mass is 16.6. The van der Waals surface area contributed by atoms with E-state index in [1.54, 1.807) is 6.26 Å². The number of rotatable bonds is 10. The Hall–Kier alpha value is -3.40. The van der Waals surface area contributed by atoms with E-state index in [0.29, 0.717) is 32.0 Å². The van der Waals surface area contributed by atoms with E-state index in [0.717, 1.165) is 16.7 Å². The summed E-state index contributed by atoms with van der Waals surface area (Å²) in [5.74, 6) is 5.69. The minimum absolute atomic E-state index is 0.248. The van der Waals surface area contributed by atoms with Gasteiger partial charge in [0.05, 0.1) is 38.3 Å². The lowest BCUT2D eigenvalue weighted by Gasteiger charge is -2.36. The molecular formula is C30H30O5. The minimum atomic E-state index is -0.475. The Morgan fingerprint density at radius 1 is 0.714 bits per heavy atom. The molecule has 0 saturated carbocycles. The Labute approximate surface area is 206 Å². The van der Waals surface area contributed by atoms with E-state index in [2.05, 4.69) is 11.8 Å². The van der Waals surface area contributed by atoms with Crippen LogP contribution in [0.1, 0.15) is 16.7 Å². The first-order chi connectivity index (χ1) is 17.3. The molecule has 0 bridgehead atoms. The Bertz CT molecular complexity index is 1100. The maximum absolute atomic E-state index is 9.25. The molecule has 5 nitrogen and oxygen atoms in total. The van der Waals surface area contributed by atoms with Crippen molar-refractivity contribution in [2.24, 2.45) is 0 Å². The fraction of sp³-hybridized carbons (Fsp3) is 0.267. The van der Waals surface area contributed by atoms with Gasteiger partial charge in [-0.1, -0.05) is 103 Å². The van der Waals surface area contributed by atoms with Gasteiger partial charge in [0.1, 0.15) is 18.8 Å². The van der Waals surface area contributed by atoms with Crippen molar-refractivity contribution in [1.29, 1.82) is 0 Å². The molecule has 0 aliphatic carbocycles. The van der Waals surface area contributed by atoms with Crippen LogP contribution in [0.4, 0.5) is 0 Å². The first-order valence-corrected chi connectivity index (χ1v) is 11.7. The zero-order chi connectivity index (χ0) is 24.1. The first-order valence-electron chi connectivity index (χ1n) is 11.7. The van der Waals surface area contributed by atoms with E-state index < -0.39 is 12.2 Å². The second kappa shape index (κ2) is 13.5. The second-order valence-electron chi connectivity index (χ2n) is 8.19. The maximum Gasteiger partial charge on any atom is 0.150 e. The average molecular weight is 471 g/mol. The molecule has 3 aromatic rings. The second-order valence-corrected chi connectivity index (χ2v) is 8.19. The first kappa shape index (κ1) is 24.7. The number of benzene rings is 3. The highest BCUT2D eigenvalue weighted by Gasteiger charge is 2.38. The van der Waals surface area contributed by atoms with Gasteiger partial charge in [0.25, 0.3) is 0 Å². The van der Waals surface area contributed by atoms with Gasteiger partial charge in [-0.3, -0.25) is 0 Å². The Morgan fingerprint density at radius 2 is 1.26 bits per heavy atom. The number of ether oxygens (including phenoxy) is 4. The van der Waals surface area contributed by atoms with Crippen molar-refractivity contribution in [2.45, 2.75) is 38.1 Å². The summed E-state index contributed by atoms with van der Waals surface area (Å²) < 4.78 is 24.8. The van der Waals surface area contributed by atoms with Crippen molar-refractivity contribution in [2.75, 3.05) is 13.2 Å². The van der Waals surface area contributed by atoms with Crippen LogP contribution in [0.25, 0.3) is 0 Å². The van der Waals surface area contributed by atoms with E-state index in [4.69, 9.17) is 18.9 Å². The molecule has 5 heteroatoms. The predicted octanol–water partition coefficient (Wildman–Crippen LogP) is 4.65. The standard InChI is InChI=1S/C30H30O5/c31-18-10-17-27-22-33-28(23-32-19-24-11-4-1-5-12-24)30(35-21-26-15-8-3-9-16-26)29(27)34-20-25-13-6-2-7-14-25/h1-9,11-16,22,28-31H,18-21,23H2/t28-,29-,30+/m1/s1. The lowest BCUT2D eigenvalue weighted by Crippen LogP contribution is -2.47. The molecular weight excluding hydrogens is 440 g/mol. The molecule has 0 amide bonds. The number of aliphatic hydroxyl groups is 1. The lowest BCUT2D eigenvalue weighted by molar-refractivity contribution is -0.150. The van der Waals surface area contributed by atoms with E-state index in [-0.39, 0.29) is 12.7 Å². The van der Waals surface area contributed by atoms with E-state index in [1.165, 1.54) is 0 Å². The normalized spacial score (nSPS) is 19.2. The Morgan fingerprint density at radius 3 is 1.83 bits per heavy atom. The van der Waals surface area contributed by atoms with Crippen molar-refractivity contribution in [3.8, 4) is 11.8 Å². The minimum Gasteiger partial charge on any atom is -0.492 e. The Balaban J connectivity index is 1.52. The van der Waals surface area contributed by atoms with Crippen LogP contribution in [-0.4, -0.2) is 36.6 Å². The van der Waals surface area contributed by atoms with Crippen molar-refractivity contribution in [3.63, 3.8) is 0 Å². The molecule has 0 radical (unpaired) electrons. The summed E-state index contributed by atoms with van der Waals surface area (Å²) in [4.78, 5) is 0. The SMILES string of the molecule is OCC#CC1=CO[C@H](COCc2ccccc2)[C@H](OCc2ccccc2)[C@@H]1OCc1ccccc1. The summed E-state index contributed by atoms with van der Waals surface area (Å²) in [5, 5.41) is 9.25. The highest BCUT2D eigenvalue weighted by Crippen LogP contribution is 2.27. The van der Waals surface area contributed by atoms with Crippen molar-refractivity contribution >= 4 is 0 Å². The summed E-state index contributed by atoms with van der Waals surface area (Å²) in [7, 11) is 0. The van der Waals surface area contributed by atoms with Crippen molar-refractivity contribution < 1.29 is 24.1 Å². The summed E-state index contributed by atoms with van der Waals surface area (Å²) >= 11 is 0. The third-order valence-electron chi connectivity index (χ3n) is 5.60. The average Bonchev–Trinajstić information content (AvgIpc) is 2.92. The van der Waals surface area contributed by atoms with Crippen LogP contribution in [0, 0.1) is 11.8 Å². The van der Waals surface area contributed by atoms with Gasteiger partial charge in [-0.15, -0.1) is 0 Å². The third kappa shape index (κ3) is 7.54. The van der Waals surface area contributed by atoms with Crippen LogP contribution in [0.15, 0.2) is 103 Å². The van der Waals surface area contributed by atoms with Gasteiger partial charge in [-0.05, 0) is 16.7 Å². The van der Waals surface area contributed by atoms with Gasteiger partial charge < -0.3 is 24.1 Å². The van der Waals surface area contributed by atoms with Gasteiger partial charge in [-0.2, -0.15) is 0 Å². The molecule has 3 aromatic carbocycles. The molecule has 1 heterocycles. The predicted molar refractivity (Wildman–Crippen MR) is 134 cm³/mol. The van der Waals surface area contributed by atoms with Crippen LogP contribution < -0.4 is 0 Å². The fourth-order valence-corrected chi connectivity index (χ4v) is 3.83. The molecule has 0 aromatic heterocycles. The summed E-state index contributed by atoms with van der Waals surface area (Å²) in [5.41, 5.74) is 3.82. The molecule has 1 N–H and O–H groups in total. The number of hydrogen-bond acceptors (Lipinski definition) is 5. The van der Waals surface area contributed by atoms with Gasteiger partial charge in [0.15, 0.2) is 6.10 Å². The molecule has 0 saturated heterocycles. The van der Waals surface area contributed by atoms with Crippen molar-refractivity contribution in [3.05, 3.63) is 120 Å². The molecule has 3 atom stereocenters. The molecule has 4 rings (SSSR count). The topological polar surface area (TPSA) is 57.2 Å². The zero-order valence-corrected chi connectivity index (χ0v) is 19.6. The van der Waals surface area contributed by atoms with Crippen LogP contribution in [0.2, 0.25) is 0 Å². The molecule has 0 spiro atoms.